The zero-order valence-electron chi connectivity index (χ0n) is 16.1. The van der Waals surface area contributed by atoms with E-state index in [0.29, 0.717) is 10.7 Å². The van der Waals surface area contributed by atoms with Gasteiger partial charge in [0.1, 0.15) is 11.8 Å². The van der Waals surface area contributed by atoms with Crippen molar-refractivity contribution in [3.05, 3.63) is 96.7 Å². The van der Waals surface area contributed by atoms with Crippen molar-refractivity contribution in [1.82, 2.24) is 0 Å². The van der Waals surface area contributed by atoms with E-state index in [4.69, 9.17) is 11.6 Å². The van der Waals surface area contributed by atoms with Gasteiger partial charge in [-0.05, 0) is 60.3 Å². The molecule has 2 heterocycles. The second-order valence-electron chi connectivity index (χ2n) is 6.92. The number of rotatable bonds is 4. The number of anilines is 1. The minimum Gasteiger partial charge on any atom is -0.507 e. The Morgan fingerprint density at radius 2 is 1.74 bits per heavy atom. The minimum atomic E-state index is -0.837. The number of nitrogens with zero attached hydrogens (tertiary/aromatic N) is 2. The lowest BCUT2D eigenvalue weighted by Crippen LogP contribution is -2.29. The average molecular weight is 455 g/mol. The van der Waals surface area contributed by atoms with Crippen LogP contribution in [-0.2, 0) is 9.59 Å². The molecule has 4 rings (SSSR count). The van der Waals surface area contributed by atoms with Crippen molar-refractivity contribution in [2.75, 3.05) is 4.90 Å². The second-order valence-corrected chi connectivity index (χ2v) is 8.30. The molecule has 1 fully saturated rings. The lowest BCUT2D eigenvalue weighted by Gasteiger charge is -2.25. The number of carbonyl (C=O) groups excluding carboxylic acids is 2. The summed E-state index contributed by atoms with van der Waals surface area (Å²) in [7, 11) is 0. The lowest BCUT2D eigenvalue weighted by molar-refractivity contribution is -0.384. The molecule has 1 aliphatic rings. The van der Waals surface area contributed by atoms with Crippen molar-refractivity contribution in [2.45, 2.75) is 13.0 Å². The SMILES string of the molecule is Cc1ccsc1C1/C(=C(/O)c2ccc([N+](=O)[O-])cc2)C(=O)C(=O)N1c1ccc(Cl)cc1. The van der Waals surface area contributed by atoms with Crippen LogP contribution in [-0.4, -0.2) is 21.7 Å². The van der Waals surface area contributed by atoms with Crippen molar-refractivity contribution in [3.8, 4) is 0 Å². The number of hydrogen-bond acceptors (Lipinski definition) is 6. The Labute approximate surface area is 186 Å². The van der Waals surface area contributed by atoms with Gasteiger partial charge in [-0.3, -0.25) is 24.6 Å². The van der Waals surface area contributed by atoms with Crippen LogP contribution >= 0.6 is 22.9 Å². The van der Waals surface area contributed by atoms with E-state index in [9.17, 15) is 24.8 Å². The number of hydrogen-bond donors (Lipinski definition) is 1. The topological polar surface area (TPSA) is 101 Å². The summed E-state index contributed by atoms with van der Waals surface area (Å²) in [5.41, 5.74) is 1.32. The van der Waals surface area contributed by atoms with Crippen LogP contribution in [0.1, 0.15) is 22.0 Å². The van der Waals surface area contributed by atoms with Gasteiger partial charge in [-0.1, -0.05) is 11.6 Å². The number of Topliss-reactive ketones (excluding diaryl/α,β-unsaturated/α-hetero) is 1. The maximum atomic E-state index is 13.0. The largest absolute Gasteiger partial charge is 0.507 e. The Morgan fingerprint density at radius 1 is 1.10 bits per heavy atom. The number of nitro groups is 1. The zero-order valence-corrected chi connectivity index (χ0v) is 17.7. The number of amides is 1. The van der Waals surface area contributed by atoms with E-state index >= 15 is 0 Å². The van der Waals surface area contributed by atoms with E-state index in [0.717, 1.165) is 10.4 Å². The number of aryl methyl sites for hydroxylation is 1. The molecule has 0 radical (unpaired) electrons. The third-order valence-electron chi connectivity index (χ3n) is 5.05. The highest BCUT2D eigenvalue weighted by Gasteiger charge is 2.47. The number of halogens is 1. The predicted octanol–water partition coefficient (Wildman–Crippen LogP) is 5.24. The zero-order chi connectivity index (χ0) is 22.3. The fourth-order valence-electron chi connectivity index (χ4n) is 3.51. The summed E-state index contributed by atoms with van der Waals surface area (Å²) in [6.45, 7) is 1.86. The van der Waals surface area contributed by atoms with Gasteiger partial charge in [-0.25, -0.2) is 0 Å². The molecule has 1 aromatic heterocycles. The van der Waals surface area contributed by atoms with E-state index in [1.54, 1.807) is 24.3 Å². The molecule has 9 heteroatoms. The van der Waals surface area contributed by atoms with Gasteiger partial charge in [-0.15, -0.1) is 11.3 Å². The van der Waals surface area contributed by atoms with Crippen LogP contribution in [0.25, 0.3) is 5.76 Å². The van der Waals surface area contributed by atoms with Gasteiger partial charge in [-0.2, -0.15) is 0 Å². The Hall–Kier alpha value is -3.49. The molecule has 1 unspecified atom stereocenters. The molecular formula is C22H15ClN2O5S. The van der Waals surface area contributed by atoms with Gasteiger partial charge in [0.15, 0.2) is 0 Å². The number of ketones is 1. The molecule has 0 saturated carbocycles. The van der Waals surface area contributed by atoms with Crippen LogP contribution in [0.3, 0.4) is 0 Å². The van der Waals surface area contributed by atoms with Crippen molar-refractivity contribution in [1.29, 1.82) is 0 Å². The van der Waals surface area contributed by atoms with Crippen LogP contribution in [0.5, 0.6) is 0 Å². The van der Waals surface area contributed by atoms with E-state index in [1.807, 2.05) is 18.4 Å². The normalized spacial score (nSPS) is 17.9. The highest BCUT2D eigenvalue weighted by molar-refractivity contribution is 7.10. The van der Waals surface area contributed by atoms with Crippen molar-refractivity contribution >= 4 is 51.8 Å². The molecule has 156 valence electrons. The third kappa shape index (κ3) is 3.60. The Kier molecular flexibility index (Phi) is 5.34. The summed E-state index contributed by atoms with van der Waals surface area (Å²) in [5.74, 6) is -1.99. The predicted molar refractivity (Wildman–Crippen MR) is 118 cm³/mol. The van der Waals surface area contributed by atoms with Crippen LogP contribution in [0.4, 0.5) is 11.4 Å². The Morgan fingerprint density at radius 3 is 2.29 bits per heavy atom. The second kappa shape index (κ2) is 7.98. The summed E-state index contributed by atoms with van der Waals surface area (Å²) >= 11 is 7.34. The number of aliphatic hydroxyl groups is 1. The monoisotopic (exact) mass is 454 g/mol. The van der Waals surface area contributed by atoms with Gasteiger partial charge in [0, 0.05) is 33.3 Å². The third-order valence-corrected chi connectivity index (χ3v) is 6.37. The molecule has 1 N–H and O–H groups in total. The first-order valence-electron chi connectivity index (χ1n) is 9.15. The van der Waals surface area contributed by atoms with Crippen LogP contribution < -0.4 is 4.90 Å². The van der Waals surface area contributed by atoms with Gasteiger partial charge >= 0.3 is 0 Å². The van der Waals surface area contributed by atoms with Crippen LogP contribution in [0.2, 0.25) is 5.02 Å². The number of nitro benzene ring substituents is 1. The molecule has 1 atom stereocenters. The highest BCUT2D eigenvalue weighted by atomic mass is 35.5. The standard InChI is InChI=1S/C22H15ClN2O5S/c1-12-10-11-31-21(12)18-17(19(26)13-2-6-16(7-3-13)25(29)30)20(27)22(28)24(18)15-8-4-14(23)5-9-15/h2-11,18,26H,1H3/b19-17-. The molecule has 0 bridgehead atoms. The molecular weight excluding hydrogens is 440 g/mol. The minimum absolute atomic E-state index is 0.0700. The molecule has 2 aromatic carbocycles. The van der Waals surface area contributed by atoms with E-state index < -0.39 is 22.7 Å². The molecule has 0 aliphatic carbocycles. The smallest absolute Gasteiger partial charge is 0.300 e. The number of carbonyl (C=O) groups is 2. The fraction of sp³-hybridized carbons (Fsp3) is 0.0909. The van der Waals surface area contributed by atoms with Crippen LogP contribution in [0, 0.1) is 17.0 Å². The van der Waals surface area contributed by atoms with Gasteiger partial charge in [0.25, 0.3) is 17.4 Å². The summed E-state index contributed by atoms with van der Waals surface area (Å²) in [4.78, 5) is 38.5. The lowest BCUT2D eigenvalue weighted by atomic mass is 9.98. The fourth-order valence-corrected chi connectivity index (χ4v) is 4.66. The summed E-state index contributed by atoms with van der Waals surface area (Å²) < 4.78 is 0. The molecule has 7 nitrogen and oxygen atoms in total. The van der Waals surface area contributed by atoms with Crippen molar-refractivity contribution < 1.29 is 19.6 Å². The van der Waals surface area contributed by atoms with Crippen LogP contribution in [0.15, 0.2) is 65.6 Å². The summed E-state index contributed by atoms with van der Waals surface area (Å²) in [5, 5.41) is 24.2. The summed E-state index contributed by atoms with van der Waals surface area (Å²) in [6.07, 6.45) is 0. The molecule has 1 aliphatic heterocycles. The summed E-state index contributed by atoms with van der Waals surface area (Å²) in [6, 6.07) is 12.7. The Bertz CT molecular complexity index is 1230. The van der Waals surface area contributed by atoms with Crippen molar-refractivity contribution in [2.24, 2.45) is 0 Å². The maximum Gasteiger partial charge on any atom is 0.300 e. The average Bonchev–Trinajstić information content (AvgIpc) is 3.29. The number of thiophene rings is 1. The van der Waals surface area contributed by atoms with E-state index in [1.165, 1.54) is 40.5 Å². The number of benzene rings is 2. The molecule has 3 aromatic rings. The molecule has 31 heavy (non-hydrogen) atoms. The van der Waals surface area contributed by atoms with E-state index in [2.05, 4.69) is 0 Å². The number of aliphatic hydroxyl groups excluding tert-OH is 1. The quantitative estimate of drug-likeness (QED) is 0.191. The van der Waals surface area contributed by atoms with Gasteiger partial charge in [0.2, 0.25) is 0 Å². The highest BCUT2D eigenvalue weighted by Crippen LogP contribution is 2.45. The molecule has 0 spiro atoms. The number of non-ortho nitro benzene ring substituents is 1. The molecule has 1 saturated heterocycles. The van der Waals surface area contributed by atoms with Gasteiger partial charge < -0.3 is 5.11 Å². The Balaban J connectivity index is 1.91. The first-order chi connectivity index (χ1) is 14.8. The first kappa shape index (κ1) is 20.8. The maximum absolute atomic E-state index is 13.0. The van der Waals surface area contributed by atoms with Crippen molar-refractivity contribution in [3.63, 3.8) is 0 Å². The van der Waals surface area contributed by atoms with Gasteiger partial charge in [0.05, 0.1) is 10.5 Å². The van der Waals surface area contributed by atoms with E-state index in [-0.39, 0.29) is 22.6 Å². The first-order valence-corrected chi connectivity index (χ1v) is 10.4. The molecule has 1 amide bonds.